The van der Waals surface area contributed by atoms with E-state index in [9.17, 15) is 0 Å². The molecule has 290 valence electrons. The van der Waals surface area contributed by atoms with Crippen LogP contribution in [-0.2, 0) is 6.42 Å². The number of pyridine rings is 1. The van der Waals surface area contributed by atoms with Crippen molar-refractivity contribution in [1.82, 2.24) is 24.5 Å². The van der Waals surface area contributed by atoms with E-state index in [4.69, 9.17) is 19.9 Å². The number of hydrogen-bond acceptors (Lipinski definition) is 4. The molecule has 0 aliphatic heterocycles. The Morgan fingerprint density at radius 3 is 1.60 bits per heavy atom. The minimum atomic E-state index is 0.549. The van der Waals surface area contributed by atoms with Crippen LogP contribution in [-0.4, -0.2) is 24.5 Å². The van der Waals surface area contributed by atoms with Gasteiger partial charge in [-0.2, -0.15) is 0 Å². The highest BCUT2D eigenvalue weighted by Gasteiger charge is 2.27. The van der Waals surface area contributed by atoms with Crippen molar-refractivity contribution in [3.63, 3.8) is 0 Å². The fourth-order valence-corrected chi connectivity index (χ4v) is 9.24. The molecule has 5 nitrogen and oxygen atoms in total. The molecule has 12 rings (SSSR count). The van der Waals surface area contributed by atoms with Gasteiger partial charge in [0.1, 0.15) is 5.82 Å². The molecule has 0 spiro atoms. The summed E-state index contributed by atoms with van der Waals surface area (Å²) >= 11 is 0. The van der Waals surface area contributed by atoms with E-state index in [-0.39, 0.29) is 0 Å². The summed E-state index contributed by atoms with van der Waals surface area (Å²) in [6, 6.07) is 72.5. The van der Waals surface area contributed by atoms with Gasteiger partial charge in [0.2, 0.25) is 0 Å². The first-order valence-corrected chi connectivity index (χ1v) is 21.0. The first kappa shape index (κ1) is 35.6. The number of para-hydroxylation sites is 1. The predicted octanol–water partition coefficient (Wildman–Crippen LogP) is 13.9. The lowest BCUT2D eigenvalue weighted by Gasteiger charge is -2.17. The van der Waals surface area contributed by atoms with Crippen LogP contribution in [0.1, 0.15) is 11.1 Å². The Morgan fingerprint density at radius 1 is 0.355 bits per heavy atom. The van der Waals surface area contributed by atoms with E-state index in [2.05, 4.69) is 174 Å². The van der Waals surface area contributed by atoms with E-state index in [1.54, 1.807) is 0 Å². The highest BCUT2D eigenvalue weighted by molar-refractivity contribution is 6.12. The first-order chi connectivity index (χ1) is 30.7. The molecule has 11 aromatic rings. The zero-order chi connectivity index (χ0) is 41.0. The largest absolute Gasteiger partial charge is 0.293 e. The summed E-state index contributed by atoms with van der Waals surface area (Å²) in [5, 5.41) is 2.37. The second-order valence-electron chi connectivity index (χ2n) is 15.8. The van der Waals surface area contributed by atoms with Gasteiger partial charge >= 0.3 is 0 Å². The van der Waals surface area contributed by atoms with Crippen LogP contribution in [0.25, 0.3) is 106 Å². The van der Waals surface area contributed by atoms with Crippen molar-refractivity contribution in [1.29, 1.82) is 0 Å². The lowest BCUT2D eigenvalue weighted by Crippen LogP contribution is -2.06. The zero-order valence-electron chi connectivity index (χ0n) is 33.7. The Balaban J connectivity index is 1.15. The van der Waals surface area contributed by atoms with E-state index < -0.39 is 0 Å². The minimum absolute atomic E-state index is 0.549. The number of benzene rings is 8. The summed E-state index contributed by atoms with van der Waals surface area (Å²) in [5.74, 6) is 2.51. The number of fused-ring (bicyclic) bond motifs is 7. The van der Waals surface area contributed by atoms with Crippen molar-refractivity contribution in [2.24, 2.45) is 0 Å². The monoisotopic (exact) mass is 791 g/mol. The summed E-state index contributed by atoms with van der Waals surface area (Å²) in [4.78, 5) is 21.2. The van der Waals surface area contributed by atoms with Gasteiger partial charge in [-0.3, -0.25) is 4.57 Å². The zero-order valence-corrected chi connectivity index (χ0v) is 33.7. The highest BCUT2D eigenvalue weighted by Crippen LogP contribution is 2.45. The summed E-state index contributed by atoms with van der Waals surface area (Å²) < 4.78 is 2.36. The van der Waals surface area contributed by atoms with Crippen LogP contribution < -0.4 is 0 Å². The molecule has 1 aliphatic carbocycles. The molecule has 1 aliphatic rings. The van der Waals surface area contributed by atoms with Gasteiger partial charge in [0.05, 0.1) is 16.6 Å². The summed E-state index contributed by atoms with van der Waals surface area (Å²) in [5.41, 5.74) is 16.7. The minimum Gasteiger partial charge on any atom is -0.293 e. The van der Waals surface area contributed by atoms with Crippen molar-refractivity contribution in [2.45, 2.75) is 6.42 Å². The summed E-state index contributed by atoms with van der Waals surface area (Å²) in [6.45, 7) is 0. The molecule has 3 aromatic heterocycles. The molecule has 8 aromatic carbocycles. The maximum absolute atomic E-state index is 5.50. The number of hydrogen-bond donors (Lipinski definition) is 0. The van der Waals surface area contributed by atoms with Crippen LogP contribution >= 0.6 is 0 Å². The molecule has 0 bridgehead atoms. The third-order valence-corrected chi connectivity index (χ3v) is 12.2. The molecule has 0 unspecified atom stereocenters. The van der Waals surface area contributed by atoms with Crippen molar-refractivity contribution in [3.8, 4) is 84.5 Å². The third kappa shape index (κ3) is 6.02. The van der Waals surface area contributed by atoms with Crippen molar-refractivity contribution in [2.75, 3.05) is 0 Å². The maximum atomic E-state index is 5.50. The van der Waals surface area contributed by atoms with E-state index >= 15 is 0 Å². The molecule has 5 heteroatoms. The van der Waals surface area contributed by atoms with Gasteiger partial charge in [-0.05, 0) is 68.3 Å². The van der Waals surface area contributed by atoms with Gasteiger partial charge in [0, 0.05) is 40.1 Å². The quantitative estimate of drug-likeness (QED) is 0.161. The van der Waals surface area contributed by atoms with Crippen LogP contribution in [0.15, 0.2) is 212 Å². The molecular formula is C57H37N5. The third-order valence-electron chi connectivity index (χ3n) is 12.2. The van der Waals surface area contributed by atoms with Gasteiger partial charge in [0.25, 0.3) is 0 Å². The van der Waals surface area contributed by atoms with Crippen LogP contribution in [0.5, 0.6) is 0 Å². The van der Waals surface area contributed by atoms with Crippen LogP contribution in [0.4, 0.5) is 0 Å². The maximum Gasteiger partial charge on any atom is 0.167 e. The Hall–Kier alpha value is -8.28. The predicted molar refractivity (Wildman–Crippen MR) is 253 cm³/mol. The van der Waals surface area contributed by atoms with Gasteiger partial charge in [-0.1, -0.05) is 188 Å². The van der Waals surface area contributed by atoms with Crippen LogP contribution in [0.2, 0.25) is 0 Å². The number of aromatic nitrogens is 5. The Bertz CT molecular complexity index is 3410. The Kier molecular flexibility index (Phi) is 8.49. The fourth-order valence-electron chi connectivity index (χ4n) is 9.24. The highest BCUT2D eigenvalue weighted by atomic mass is 15.1. The van der Waals surface area contributed by atoms with E-state index in [1.165, 1.54) is 44.2 Å². The number of nitrogens with zero attached hydrogens (tertiary/aromatic N) is 5. The van der Waals surface area contributed by atoms with Gasteiger partial charge in [-0.15, -0.1) is 0 Å². The Labute approximate surface area is 359 Å². The van der Waals surface area contributed by atoms with E-state index in [1.807, 2.05) is 42.6 Å². The van der Waals surface area contributed by atoms with Gasteiger partial charge in [-0.25, -0.2) is 19.9 Å². The lowest BCUT2D eigenvalue weighted by molar-refractivity contribution is 1.04. The lowest BCUT2D eigenvalue weighted by atomic mass is 9.91. The van der Waals surface area contributed by atoms with Crippen molar-refractivity contribution < 1.29 is 0 Å². The molecule has 62 heavy (non-hydrogen) atoms. The molecule has 0 radical (unpaired) electrons. The molecule has 0 N–H and O–H groups in total. The van der Waals surface area contributed by atoms with Gasteiger partial charge in [0.15, 0.2) is 17.5 Å². The van der Waals surface area contributed by atoms with Crippen molar-refractivity contribution in [3.05, 3.63) is 224 Å². The second-order valence-corrected chi connectivity index (χ2v) is 15.8. The molecule has 0 saturated heterocycles. The molecule has 0 atom stereocenters. The van der Waals surface area contributed by atoms with Crippen LogP contribution in [0.3, 0.4) is 0 Å². The van der Waals surface area contributed by atoms with E-state index in [0.29, 0.717) is 17.5 Å². The number of rotatable bonds is 7. The molecule has 0 fully saturated rings. The van der Waals surface area contributed by atoms with Gasteiger partial charge < -0.3 is 0 Å². The van der Waals surface area contributed by atoms with Crippen LogP contribution in [0, 0.1) is 0 Å². The topological polar surface area (TPSA) is 56.5 Å². The molecule has 3 heterocycles. The fraction of sp³-hybridized carbons (Fsp3) is 0.0175. The molecule has 0 amide bonds. The second kappa shape index (κ2) is 14.8. The SMILES string of the molecule is c1ccc(-c2nc(-c3ccccc3)nc(-c3cc(-c4ccc(-c5ccccc5)c(-c5ccccc5)c4)cnc3-n3c4ccccc4c4ccc5c(c43)Cc3ccccc3-5)n2)cc1. The van der Waals surface area contributed by atoms with Crippen molar-refractivity contribution >= 4 is 21.8 Å². The average molecular weight is 792 g/mol. The Morgan fingerprint density at radius 2 is 0.903 bits per heavy atom. The molecular weight excluding hydrogens is 755 g/mol. The summed E-state index contributed by atoms with van der Waals surface area (Å²) in [6.07, 6.45) is 2.85. The normalized spacial score (nSPS) is 11.8. The smallest absolute Gasteiger partial charge is 0.167 e. The average Bonchev–Trinajstić information content (AvgIpc) is 3.91. The standard InChI is InChI=1S/C57H37N5/c1-5-17-37(18-6-1)45-30-29-41(33-49(45)38-19-7-2-8-20-38)43-35-51(56-60-54(39-21-9-3-10-22-39)59-55(61-56)40-23-11-4-12-24-40)57(58-36-43)62-52-28-16-15-27-47(52)48-32-31-46-44-26-14-13-25-42(44)34-50(46)53(48)62/h1-33,35-36H,34H2. The summed E-state index contributed by atoms with van der Waals surface area (Å²) in [7, 11) is 0. The first-order valence-electron chi connectivity index (χ1n) is 21.0. The molecule has 0 saturated carbocycles. The van der Waals surface area contributed by atoms with E-state index in [0.717, 1.165) is 62.2 Å².